The normalized spacial score (nSPS) is 6.00. The Kier molecular flexibility index (Phi) is 197. The summed E-state index contributed by atoms with van der Waals surface area (Å²) in [5.41, 5.74) is 0. The van der Waals surface area contributed by atoms with Crippen LogP contribution in [0.3, 0.4) is 0 Å². The second-order valence-corrected chi connectivity index (χ2v) is 2.27. The van der Waals surface area contributed by atoms with Crippen LogP contribution in [0.2, 0.25) is 0 Å². The number of hydrogen-bond acceptors (Lipinski definition) is 14. The van der Waals surface area contributed by atoms with Crippen molar-refractivity contribution in [3.63, 3.8) is 0 Å². The molecule has 0 unspecified atom stereocenters. The summed E-state index contributed by atoms with van der Waals surface area (Å²) in [5.74, 6) is 0. The summed E-state index contributed by atoms with van der Waals surface area (Å²) < 4.78 is 67.9. The zero-order valence-electron chi connectivity index (χ0n) is 10.4. The van der Waals surface area contributed by atoms with E-state index in [-0.39, 0.29) is 148 Å². The molecule has 0 saturated carbocycles. The number of hydrogen-bond donors (Lipinski definition) is 6. The van der Waals surface area contributed by atoms with Gasteiger partial charge in [-0.25, -0.2) is 37.3 Å². The smallest absolute Gasteiger partial charge is 1.00 e. The standard InChI is InChI=1S/2ClHO4.2ClH.Cr.Cs.6H3N/c2*2-1(3,4)5;;;;;;;;;;/h2*(H,2,3,4,5);2*1H;;;6*1H3/q;;;;+3;+1;;;;;;/p-4. The second-order valence-electron chi connectivity index (χ2n) is 0.756. The van der Waals surface area contributed by atoms with Crippen LogP contribution in [0.25, 0.3) is 0 Å². The van der Waals surface area contributed by atoms with E-state index in [0.29, 0.717) is 0 Å². The van der Waals surface area contributed by atoms with Crippen molar-refractivity contribution in [3.8, 4) is 0 Å². The third-order valence-corrected chi connectivity index (χ3v) is 0. The van der Waals surface area contributed by atoms with E-state index >= 15 is 0 Å². The molecule has 20 heteroatoms. The van der Waals surface area contributed by atoms with Gasteiger partial charge in [0.15, 0.2) is 0 Å². The molecule has 0 aromatic heterocycles. The molecular formula is H18Cl4CrCsN6O8. The fourth-order valence-corrected chi connectivity index (χ4v) is 0. The van der Waals surface area contributed by atoms with Crippen molar-refractivity contribution in [2.45, 2.75) is 0 Å². The summed E-state index contributed by atoms with van der Waals surface area (Å²) in [5, 5.41) is 0. The fourth-order valence-electron chi connectivity index (χ4n) is 0. The topological polar surface area (TPSA) is 394 Å². The van der Waals surface area contributed by atoms with Gasteiger partial charge in [-0.05, 0) is 0 Å². The third kappa shape index (κ3) is 851. The van der Waals surface area contributed by atoms with Crippen LogP contribution in [0, 0.1) is 20.5 Å². The molecule has 0 bridgehead atoms. The van der Waals surface area contributed by atoms with Crippen molar-refractivity contribution in [1.29, 1.82) is 0 Å². The molecular weight excluding hydrogens is 539 g/mol. The van der Waals surface area contributed by atoms with Gasteiger partial charge in [0.25, 0.3) is 0 Å². The summed E-state index contributed by atoms with van der Waals surface area (Å²) in [6.45, 7) is 0. The fraction of sp³-hybridized carbons (Fsp3) is 0. The Morgan fingerprint density at radius 2 is 0.400 bits per heavy atom. The summed E-state index contributed by atoms with van der Waals surface area (Å²) in [4.78, 5) is 0. The molecule has 0 aliphatic carbocycles. The third-order valence-electron chi connectivity index (χ3n) is 0. The van der Waals surface area contributed by atoms with Gasteiger partial charge in [-0.15, -0.1) is 20.5 Å². The van der Waals surface area contributed by atoms with Crippen LogP contribution in [0.4, 0.5) is 0 Å². The molecule has 18 N–H and O–H groups in total. The van der Waals surface area contributed by atoms with E-state index in [9.17, 15) is 0 Å². The maximum atomic E-state index is 8.49. The molecule has 0 saturated heterocycles. The molecule has 0 aromatic carbocycles. The number of halogens is 4. The van der Waals surface area contributed by atoms with Gasteiger partial charge in [-0.3, -0.25) is 0 Å². The predicted molar refractivity (Wildman–Crippen MR) is 30.1 cm³/mol. The SMILES string of the molecule is N.N.N.N.N.N.[Cl-].[Cl-].[Cr+3].[Cs+].[O-][Cl+3]([O-])([O-])[O-].[O-][Cl+3]([O-])([O-])[O-]. The molecule has 0 atom stereocenters. The van der Waals surface area contributed by atoms with E-state index in [0.717, 1.165) is 0 Å². The van der Waals surface area contributed by atoms with Gasteiger partial charge in [0.1, 0.15) is 0 Å². The van der Waals surface area contributed by atoms with Crippen molar-refractivity contribution in [1.82, 2.24) is 36.9 Å². The Balaban J connectivity index is -0.00000000427. The van der Waals surface area contributed by atoms with Crippen LogP contribution in [0.5, 0.6) is 0 Å². The Labute approximate surface area is 202 Å². The maximum Gasteiger partial charge on any atom is 3.00 e. The summed E-state index contributed by atoms with van der Waals surface area (Å²) in [7, 11) is -9.89. The molecule has 0 aliphatic rings. The van der Waals surface area contributed by atoms with Gasteiger partial charge in [0.05, 0.1) is 0 Å². The van der Waals surface area contributed by atoms with Crippen LogP contribution in [-0.4, -0.2) is 0 Å². The Bertz CT molecular complexity index is 81.9. The van der Waals surface area contributed by atoms with Gasteiger partial charge in [0.2, 0.25) is 0 Å². The van der Waals surface area contributed by atoms with Crippen molar-refractivity contribution >= 4 is 0 Å². The molecule has 1 radical (unpaired) electrons. The minimum Gasteiger partial charge on any atom is -1.00 e. The van der Waals surface area contributed by atoms with Crippen LogP contribution >= 0.6 is 0 Å². The second kappa shape index (κ2) is 43.2. The van der Waals surface area contributed by atoms with Gasteiger partial charge in [-0.2, -0.15) is 0 Å². The summed E-state index contributed by atoms with van der Waals surface area (Å²) in [6, 6.07) is 0. The Hall–Kier alpha value is 3.18. The van der Waals surface area contributed by atoms with E-state index in [2.05, 4.69) is 0 Å². The molecule has 131 valence electrons. The van der Waals surface area contributed by atoms with Crippen LogP contribution < -0.4 is 168 Å². The van der Waals surface area contributed by atoms with E-state index in [4.69, 9.17) is 37.3 Å². The monoisotopic (exact) mass is 555 g/mol. The van der Waals surface area contributed by atoms with Crippen LogP contribution in [0.15, 0.2) is 0 Å². The molecule has 20 heavy (non-hydrogen) atoms. The van der Waals surface area contributed by atoms with Crippen molar-refractivity contribution in [2.75, 3.05) is 0 Å². The average molecular weight is 557 g/mol. The van der Waals surface area contributed by atoms with Gasteiger partial charge in [0, 0.05) is 0 Å². The van der Waals surface area contributed by atoms with Crippen molar-refractivity contribution < 1.29 is 169 Å². The van der Waals surface area contributed by atoms with Gasteiger partial charge >= 0.3 is 86.3 Å². The zero-order chi connectivity index (χ0) is 9.00. The average Bonchev–Trinajstić information content (AvgIpc) is 1.12. The van der Waals surface area contributed by atoms with Crippen molar-refractivity contribution in [3.05, 3.63) is 0 Å². The predicted octanol–water partition coefficient (Wildman–Crippen LogP) is -17.5. The molecule has 0 fully saturated rings. The van der Waals surface area contributed by atoms with Crippen LogP contribution in [-0.2, 0) is 17.4 Å². The van der Waals surface area contributed by atoms with Crippen molar-refractivity contribution in [2.24, 2.45) is 0 Å². The Morgan fingerprint density at radius 1 is 0.400 bits per heavy atom. The van der Waals surface area contributed by atoms with E-state index in [1.165, 1.54) is 0 Å². The number of rotatable bonds is 0. The quantitative estimate of drug-likeness (QED) is 0.161. The maximum absolute atomic E-state index is 8.49. The first-order valence-corrected chi connectivity index (χ1v) is 3.70. The zero-order valence-corrected chi connectivity index (χ0v) is 21.0. The molecule has 0 heterocycles. The molecule has 0 aromatic rings. The summed E-state index contributed by atoms with van der Waals surface area (Å²) >= 11 is 0. The van der Waals surface area contributed by atoms with E-state index < -0.39 is 20.5 Å². The molecule has 0 aliphatic heterocycles. The molecule has 0 spiro atoms. The van der Waals surface area contributed by atoms with E-state index in [1.54, 1.807) is 0 Å². The Morgan fingerprint density at radius 3 is 0.400 bits per heavy atom. The van der Waals surface area contributed by atoms with E-state index in [1.807, 2.05) is 0 Å². The minimum atomic E-state index is -4.94. The van der Waals surface area contributed by atoms with Gasteiger partial charge < -0.3 is 61.7 Å². The largest absolute Gasteiger partial charge is 3.00 e. The molecule has 0 rings (SSSR count). The molecule has 14 nitrogen and oxygen atoms in total. The first-order valence-electron chi connectivity index (χ1n) is 1.23. The van der Waals surface area contributed by atoms with Crippen LogP contribution in [0.1, 0.15) is 0 Å². The molecule has 0 amide bonds. The minimum absolute atomic E-state index is 0. The first-order chi connectivity index (χ1) is 4.00. The van der Waals surface area contributed by atoms with Gasteiger partial charge in [-0.1, -0.05) is 0 Å². The first kappa shape index (κ1) is 91.2. The summed E-state index contributed by atoms with van der Waals surface area (Å²) in [6.07, 6.45) is 0.